The van der Waals surface area contributed by atoms with Gasteiger partial charge in [-0.1, -0.05) is 30.3 Å². The van der Waals surface area contributed by atoms with Crippen molar-refractivity contribution in [2.24, 2.45) is 0 Å². The van der Waals surface area contributed by atoms with Gasteiger partial charge in [0.15, 0.2) is 27.1 Å². The van der Waals surface area contributed by atoms with E-state index in [0.29, 0.717) is 29.8 Å². The molecule has 0 fully saturated rings. The standard InChI is InChI=1S/C27H29F2N5O3S/c1-4-17(3)38(35,36)20-8-6-19(7-9-20)24-15-32-27(30)26(33-24)25-12-23(34-37-25)21-10-5-18(11-22(21)29)14-31-13-16(2)28/h5-12,15-17,31H,4,13-14H2,1-3H3,(H2,30,32). The third-order valence-corrected chi connectivity index (χ3v) is 8.51. The topological polar surface area (TPSA) is 124 Å². The minimum Gasteiger partial charge on any atom is -0.382 e. The second-order valence-electron chi connectivity index (χ2n) is 9.08. The Morgan fingerprint density at radius 2 is 1.82 bits per heavy atom. The maximum Gasteiger partial charge on any atom is 0.189 e. The van der Waals surface area contributed by atoms with Gasteiger partial charge in [-0.15, -0.1) is 0 Å². The van der Waals surface area contributed by atoms with Crippen molar-refractivity contribution >= 4 is 15.7 Å². The zero-order chi connectivity index (χ0) is 27.4. The number of nitrogens with two attached hydrogens (primary N) is 1. The van der Waals surface area contributed by atoms with E-state index in [4.69, 9.17) is 10.3 Å². The Kier molecular flexibility index (Phi) is 8.17. The van der Waals surface area contributed by atoms with Crippen LogP contribution in [-0.2, 0) is 16.4 Å². The Labute approximate surface area is 220 Å². The molecule has 0 saturated carbocycles. The Hall–Kier alpha value is -3.70. The van der Waals surface area contributed by atoms with Crippen molar-refractivity contribution in [3.63, 3.8) is 0 Å². The summed E-state index contributed by atoms with van der Waals surface area (Å²) in [6, 6.07) is 12.6. The van der Waals surface area contributed by atoms with Crippen molar-refractivity contribution in [3.8, 4) is 34.0 Å². The molecule has 2 aromatic heterocycles. The monoisotopic (exact) mass is 541 g/mol. The number of nitrogen functional groups attached to an aromatic ring is 1. The minimum absolute atomic E-state index is 0.0939. The molecule has 2 unspecified atom stereocenters. The van der Waals surface area contributed by atoms with Crippen LogP contribution in [0.5, 0.6) is 0 Å². The van der Waals surface area contributed by atoms with Crippen LogP contribution < -0.4 is 11.1 Å². The number of sulfone groups is 1. The van der Waals surface area contributed by atoms with Crippen LogP contribution in [0.1, 0.15) is 32.8 Å². The van der Waals surface area contributed by atoms with Gasteiger partial charge in [-0.25, -0.2) is 27.2 Å². The van der Waals surface area contributed by atoms with E-state index >= 15 is 0 Å². The van der Waals surface area contributed by atoms with Gasteiger partial charge in [0.2, 0.25) is 0 Å². The Balaban J connectivity index is 1.58. The second kappa shape index (κ2) is 11.4. The van der Waals surface area contributed by atoms with Crippen LogP contribution in [0.25, 0.3) is 34.0 Å². The molecule has 0 radical (unpaired) electrons. The maximum atomic E-state index is 14.8. The highest BCUT2D eigenvalue weighted by Gasteiger charge is 2.22. The number of halogens is 2. The third-order valence-electron chi connectivity index (χ3n) is 6.19. The fraction of sp³-hybridized carbons (Fsp3) is 0.296. The van der Waals surface area contributed by atoms with Gasteiger partial charge in [-0.3, -0.25) is 0 Å². The number of anilines is 1. The minimum atomic E-state index is -3.41. The number of aromatic nitrogens is 3. The van der Waals surface area contributed by atoms with Crippen LogP contribution in [0.2, 0.25) is 0 Å². The fourth-order valence-corrected chi connectivity index (χ4v) is 5.21. The summed E-state index contributed by atoms with van der Waals surface area (Å²) in [5.41, 5.74) is 8.50. The summed E-state index contributed by atoms with van der Waals surface area (Å²) in [5, 5.41) is 6.41. The van der Waals surface area contributed by atoms with E-state index in [2.05, 4.69) is 20.4 Å². The van der Waals surface area contributed by atoms with E-state index in [1.165, 1.54) is 25.3 Å². The molecular weight excluding hydrogens is 512 g/mol. The summed E-state index contributed by atoms with van der Waals surface area (Å²) >= 11 is 0. The predicted molar refractivity (Wildman–Crippen MR) is 142 cm³/mol. The highest BCUT2D eigenvalue weighted by atomic mass is 32.2. The van der Waals surface area contributed by atoms with Crippen molar-refractivity contribution in [1.29, 1.82) is 0 Å². The van der Waals surface area contributed by atoms with Crippen LogP contribution in [0.4, 0.5) is 14.6 Å². The maximum absolute atomic E-state index is 14.8. The molecule has 38 heavy (non-hydrogen) atoms. The number of hydrogen-bond donors (Lipinski definition) is 2. The van der Waals surface area contributed by atoms with Crippen molar-refractivity contribution < 1.29 is 21.7 Å². The lowest BCUT2D eigenvalue weighted by Gasteiger charge is -2.11. The first-order valence-electron chi connectivity index (χ1n) is 12.2. The first-order valence-corrected chi connectivity index (χ1v) is 13.7. The molecule has 2 aromatic carbocycles. The number of benzene rings is 2. The van der Waals surface area contributed by atoms with E-state index in [1.54, 1.807) is 43.3 Å². The molecule has 2 atom stereocenters. The van der Waals surface area contributed by atoms with Crippen molar-refractivity contribution in [2.75, 3.05) is 12.3 Å². The molecule has 200 valence electrons. The van der Waals surface area contributed by atoms with E-state index < -0.39 is 27.1 Å². The van der Waals surface area contributed by atoms with Crippen molar-refractivity contribution in [1.82, 2.24) is 20.4 Å². The summed E-state index contributed by atoms with van der Waals surface area (Å²) < 4.78 is 58.4. The van der Waals surface area contributed by atoms with Crippen LogP contribution >= 0.6 is 0 Å². The van der Waals surface area contributed by atoms with Gasteiger partial charge < -0.3 is 15.6 Å². The normalized spacial score (nSPS) is 13.4. The number of nitrogens with zero attached hydrogens (tertiary/aromatic N) is 3. The molecule has 8 nitrogen and oxygen atoms in total. The summed E-state index contributed by atoms with van der Waals surface area (Å²) in [6.07, 6.45) is 0.998. The van der Waals surface area contributed by atoms with Gasteiger partial charge in [-0.2, -0.15) is 0 Å². The lowest BCUT2D eigenvalue weighted by atomic mass is 10.1. The lowest BCUT2D eigenvalue weighted by Crippen LogP contribution is -2.21. The van der Waals surface area contributed by atoms with Gasteiger partial charge >= 0.3 is 0 Å². The van der Waals surface area contributed by atoms with Gasteiger partial charge in [0, 0.05) is 30.3 Å². The molecule has 0 saturated heterocycles. The number of rotatable bonds is 10. The zero-order valence-corrected chi connectivity index (χ0v) is 22.1. The molecule has 0 amide bonds. The van der Waals surface area contributed by atoms with E-state index in [9.17, 15) is 17.2 Å². The second-order valence-corrected chi connectivity index (χ2v) is 11.4. The Morgan fingerprint density at radius 3 is 2.47 bits per heavy atom. The summed E-state index contributed by atoms with van der Waals surface area (Å²) in [5.74, 6) is -0.209. The number of nitrogens with one attached hydrogen (secondary N) is 1. The van der Waals surface area contributed by atoms with Gasteiger partial charge in [-0.05, 0) is 50.1 Å². The lowest BCUT2D eigenvalue weighted by molar-refractivity contribution is 0.344. The number of hydrogen-bond acceptors (Lipinski definition) is 8. The zero-order valence-electron chi connectivity index (χ0n) is 21.3. The highest BCUT2D eigenvalue weighted by molar-refractivity contribution is 7.92. The summed E-state index contributed by atoms with van der Waals surface area (Å²) in [4.78, 5) is 8.98. The SMILES string of the molecule is CCC(C)S(=O)(=O)c1ccc(-c2cnc(N)c(-c3cc(-c4ccc(CNCC(C)F)cc4F)no3)n2)cc1. The molecule has 0 spiro atoms. The first-order chi connectivity index (χ1) is 18.1. The fourth-order valence-electron chi connectivity index (χ4n) is 3.79. The molecule has 0 bridgehead atoms. The molecule has 11 heteroatoms. The summed E-state index contributed by atoms with van der Waals surface area (Å²) in [7, 11) is -3.41. The van der Waals surface area contributed by atoms with E-state index in [1.807, 2.05) is 6.92 Å². The van der Waals surface area contributed by atoms with Crippen molar-refractivity contribution in [2.45, 2.75) is 50.1 Å². The van der Waals surface area contributed by atoms with Crippen LogP contribution in [0.3, 0.4) is 0 Å². The quantitative estimate of drug-likeness (QED) is 0.281. The average Bonchev–Trinajstić information content (AvgIpc) is 3.38. The Morgan fingerprint density at radius 1 is 1.08 bits per heavy atom. The first kappa shape index (κ1) is 27.3. The molecule has 3 N–H and O–H groups in total. The molecule has 0 aliphatic rings. The van der Waals surface area contributed by atoms with Gasteiger partial charge in [0.1, 0.15) is 17.7 Å². The molecule has 4 rings (SSSR count). The van der Waals surface area contributed by atoms with E-state index in [0.717, 1.165) is 0 Å². The average molecular weight is 542 g/mol. The molecular formula is C27H29F2N5O3S. The Bertz CT molecular complexity index is 1520. The highest BCUT2D eigenvalue weighted by Crippen LogP contribution is 2.31. The van der Waals surface area contributed by atoms with Crippen LogP contribution in [0, 0.1) is 5.82 Å². The van der Waals surface area contributed by atoms with Crippen LogP contribution in [-0.4, -0.2) is 41.5 Å². The largest absolute Gasteiger partial charge is 0.382 e. The van der Waals surface area contributed by atoms with Gasteiger partial charge in [0.05, 0.1) is 22.0 Å². The summed E-state index contributed by atoms with van der Waals surface area (Å²) in [6.45, 7) is 5.47. The predicted octanol–water partition coefficient (Wildman–Crippen LogP) is 5.21. The molecule has 4 aromatic rings. The van der Waals surface area contributed by atoms with E-state index in [-0.39, 0.29) is 40.0 Å². The smallest absolute Gasteiger partial charge is 0.189 e. The third kappa shape index (κ3) is 5.89. The number of alkyl halides is 1. The molecule has 0 aliphatic heterocycles. The van der Waals surface area contributed by atoms with Crippen LogP contribution in [0.15, 0.2) is 64.1 Å². The van der Waals surface area contributed by atoms with Gasteiger partial charge in [0.25, 0.3) is 0 Å². The molecule has 2 heterocycles. The van der Waals surface area contributed by atoms with Crippen molar-refractivity contribution in [3.05, 3.63) is 66.1 Å². The molecule has 0 aliphatic carbocycles.